The van der Waals surface area contributed by atoms with Crippen LogP contribution in [-0.4, -0.2) is 26.2 Å². The summed E-state index contributed by atoms with van der Waals surface area (Å²) in [7, 11) is 0. The lowest BCUT2D eigenvalue weighted by Gasteiger charge is -2.20. The molecule has 0 aromatic heterocycles. The van der Waals surface area contributed by atoms with Crippen molar-refractivity contribution in [3.05, 3.63) is 54.1 Å². The lowest BCUT2D eigenvalue weighted by atomic mass is 10.2. The van der Waals surface area contributed by atoms with E-state index >= 15 is 0 Å². The van der Waals surface area contributed by atoms with Gasteiger partial charge >= 0.3 is 0 Å². The van der Waals surface area contributed by atoms with E-state index in [0.717, 1.165) is 31.1 Å². The van der Waals surface area contributed by atoms with Gasteiger partial charge in [-0.25, -0.2) is 0 Å². The number of benzene rings is 2. The second kappa shape index (κ2) is 6.53. The highest BCUT2D eigenvalue weighted by Crippen LogP contribution is 2.26. The molecule has 2 aromatic rings. The standard InChI is InChI=1S/C18H22N2O/c1-2-21-17-9-7-16(8-10-17)19-12-14-20-13-11-15-5-3-4-6-18(15)20/h3-10,19H,2,11-14H2,1H3. The first kappa shape index (κ1) is 13.8. The monoisotopic (exact) mass is 282 g/mol. The fourth-order valence-corrected chi connectivity index (χ4v) is 2.81. The van der Waals surface area contributed by atoms with Crippen LogP contribution in [0.3, 0.4) is 0 Å². The fourth-order valence-electron chi connectivity index (χ4n) is 2.81. The summed E-state index contributed by atoms with van der Waals surface area (Å²) in [5, 5.41) is 3.47. The van der Waals surface area contributed by atoms with Gasteiger partial charge in [0.25, 0.3) is 0 Å². The minimum absolute atomic E-state index is 0.709. The normalized spacial score (nSPS) is 13.1. The van der Waals surface area contributed by atoms with E-state index in [2.05, 4.69) is 46.6 Å². The van der Waals surface area contributed by atoms with Crippen LogP contribution in [0.4, 0.5) is 11.4 Å². The van der Waals surface area contributed by atoms with Crippen LogP contribution in [0.25, 0.3) is 0 Å². The zero-order valence-corrected chi connectivity index (χ0v) is 12.5. The van der Waals surface area contributed by atoms with E-state index in [-0.39, 0.29) is 0 Å². The highest BCUT2D eigenvalue weighted by Gasteiger charge is 2.17. The molecule has 1 aliphatic heterocycles. The number of hydrogen-bond acceptors (Lipinski definition) is 3. The molecule has 0 bridgehead atoms. The van der Waals surface area contributed by atoms with Gasteiger partial charge < -0.3 is 15.0 Å². The van der Waals surface area contributed by atoms with E-state index in [0.29, 0.717) is 6.61 Å². The Kier molecular flexibility index (Phi) is 4.29. The smallest absolute Gasteiger partial charge is 0.119 e. The van der Waals surface area contributed by atoms with Gasteiger partial charge in [0.2, 0.25) is 0 Å². The van der Waals surface area contributed by atoms with E-state index in [4.69, 9.17) is 4.74 Å². The summed E-state index contributed by atoms with van der Waals surface area (Å²) in [6, 6.07) is 16.9. The second-order valence-electron chi connectivity index (χ2n) is 5.25. The molecular formula is C18H22N2O. The Bertz CT molecular complexity index is 580. The van der Waals surface area contributed by atoms with Crippen molar-refractivity contribution in [1.82, 2.24) is 0 Å². The molecule has 0 aliphatic carbocycles. The number of nitrogens with one attached hydrogen (secondary N) is 1. The molecule has 0 fully saturated rings. The van der Waals surface area contributed by atoms with Crippen molar-refractivity contribution < 1.29 is 4.74 Å². The van der Waals surface area contributed by atoms with Crippen LogP contribution in [-0.2, 0) is 6.42 Å². The molecule has 1 N–H and O–H groups in total. The van der Waals surface area contributed by atoms with Crippen LogP contribution in [0, 0.1) is 0 Å². The molecule has 0 saturated heterocycles. The molecule has 1 aliphatic rings. The zero-order valence-electron chi connectivity index (χ0n) is 12.5. The highest BCUT2D eigenvalue weighted by molar-refractivity contribution is 5.58. The van der Waals surface area contributed by atoms with Gasteiger partial charge in [0.1, 0.15) is 5.75 Å². The van der Waals surface area contributed by atoms with E-state index < -0.39 is 0 Å². The third kappa shape index (κ3) is 3.30. The Hall–Kier alpha value is -2.16. The Morgan fingerprint density at radius 3 is 2.71 bits per heavy atom. The third-order valence-corrected chi connectivity index (χ3v) is 3.86. The van der Waals surface area contributed by atoms with Crippen molar-refractivity contribution in [2.24, 2.45) is 0 Å². The lowest BCUT2D eigenvalue weighted by Crippen LogP contribution is -2.27. The van der Waals surface area contributed by atoms with Gasteiger partial charge in [0.05, 0.1) is 6.61 Å². The number of anilines is 2. The molecule has 0 spiro atoms. The van der Waals surface area contributed by atoms with Crippen LogP contribution in [0.1, 0.15) is 12.5 Å². The quantitative estimate of drug-likeness (QED) is 0.876. The van der Waals surface area contributed by atoms with Crippen molar-refractivity contribution in [2.75, 3.05) is 36.5 Å². The average molecular weight is 282 g/mol. The maximum atomic E-state index is 5.45. The van der Waals surface area contributed by atoms with E-state index in [9.17, 15) is 0 Å². The van der Waals surface area contributed by atoms with Gasteiger partial charge in [-0.15, -0.1) is 0 Å². The summed E-state index contributed by atoms with van der Waals surface area (Å²) < 4.78 is 5.45. The van der Waals surface area contributed by atoms with Crippen molar-refractivity contribution in [1.29, 1.82) is 0 Å². The summed E-state index contributed by atoms with van der Waals surface area (Å²) in [6.45, 7) is 5.82. The molecule has 0 unspecified atom stereocenters. The van der Waals surface area contributed by atoms with Crippen molar-refractivity contribution in [3.63, 3.8) is 0 Å². The molecule has 1 heterocycles. The Balaban J connectivity index is 1.50. The highest BCUT2D eigenvalue weighted by atomic mass is 16.5. The van der Waals surface area contributed by atoms with Gasteiger partial charge in [-0.2, -0.15) is 0 Å². The van der Waals surface area contributed by atoms with Gasteiger partial charge in [0, 0.05) is 31.0 Å². The first-order valence-corrected chi connectivity index (χ1v) is 7.66. The summed E-state index contributed by atoms with van der Waals surface area (Å²) in [6.07, 6.45) is 1.17. The van der Waals surface area contributed by atoms with Crippen LogP contribution >= 0.6 is 0 Å². The minimum atomic E-state index is 0.709. The number of para-hydroxylation sites is 1. The van der Waals surface area contributed by atoms with Gasteiger partial charge in [-0.05, 0) is 49.2 Å². The van der Waals surface area contributed by atoms with Crippen LogP contribution in [0.2, 0.25) is 0 Å². The third-order valence-electron chi connectivity index (χ3n) is 3.86. The topological polar surface area (TPSA) is 24.5 Å². The number of ether oxygens (including phenoxy) is 1. The maximum absolute atomic E-state index is 5.45. The first-order valence-electron chi connectivity index (χ1n) is 7.66. The van der Waals surface area contributed by atoms with E-state index in [1.54, 1.807) is 0 Å². The van der Waals surface area contributed by atoms with Crippen LogP contribution in [0.15, 0.2) is 48.5 Å². The van der Waals surface area contributed by atoms with Gasteiger partial charge in [0.15, 0.2) is 0 Å². The molecule has 3 heteroatoms. The molecular weight excluding hydrogens is 260 g/mol. The van der Waals surface area contributed by atoms with Gasteiger partial charge in [-0.1, -0.05) is 18.2 Å². The Morgan fingerprint density at radius 2 is 1.90 bits per heavy atom. The zero-order chi connectivity index (χ0) is 14.5. The fraction of sp³-hybridized carbons (Fsp3) is 0.333. The van der Waals surface area contributed by atoms with Crippen LogP contribution in [0.5, 0.6) is 5.75 Å². The predicted octanol–water partition coefficient (Wildman–Crippen LogP) is 3.56. The van der Waals surface area contributed by atoms with Crippen LogP contribution < -0.4 is 15.0 Å². The second-order valence-corrected chi connectivity index (χ2v) is 5.25. The largest absolute Gasteiger partial charge is 0.494 e. The molecule has 0 amide bonds. The summed E-state index contributed by atoms with van der Waals surface area (Å²) in [4.78, 5) is 2.46. The number of rotatable bonds is 6. The van der Waals surface area contributed by atoms with E-state index in [1.165, 1.54) is 17.7 Å². The predicted molar refractivity (Wildman–Crippen MR) is 88.5 cm³/mol. The number of nitrogens with zero attached hydrogens (tertiary/aromatic N) is 1. The van der Waals surface area contributed by atoms with Crippen molar-refractivity contribution >= 4 is 11.4 Å². The molecule has 110 valence electrons. The number of fused-ring (bicyclic) bond motifs is 1. The van der Waals surface area contributed by atoms with E-state index in [1.807, 2.05) is 19.1 Å². The Labute approximate surface area is 126 Å². The molecule has 0 saturated carbocycles. The average Bonchev–Trinajstić information content (AvgIpc) is 2.93. The lowest BCUT2D eigenvalue weighted by molar-refractivity contribution is 0.340. The number of hydrogen-bond donors (Lipinski definition) is 1. The van der Waals surface area contributed by atoms with Crippen molar-refractivity contribution in [3.8, 4) is 5.75 Å². The summed E-state index contributed by atoms with van der Waals surface area (Å²) >= 11 is 0. The van der Waals surface area contributed by atoms with Crippen molar-refractivity contribution in [2.45, 2.75) is 13.3 Å². The molecule has 0 atom stereocenters. The maximum Gasteiger partial charge on any atom is 0.119 e. The molecule has 3 rings (SSSR count). The summed E-state index contributed by atoms with van der Waals surface area (Å²) in [5.41, 5.74) is 4.01. The molecule has 21 heavy (non-hydrogen) atoms. The molecule has 2 aromatic carbocycles. The minimum Gasteiger partial charge on any atom is -0.494 e. The molecule has 0 radical (unpaired) electrons. The molecule has 3 nitrogen and oxygen atoms in total. The van der Waals surface area contributed by atoms with Gasteiger partial charge in [-0.3, -0.25) is 0 Å². The SMILES string of the molecule is CCOc1ccc(NCCN2CCc3ccccc32)cc1. The first-order chi connectivity index (χ1) is 10.4. The summed E-state index contributed by atoms with van der Waals surface area (Å²) in [5.74, 6) is 0.927. The Morgan fingerprint density at radius 1 is 1.10 bits per heavy atom.